The summed E-state index contributed by atoms with van der Waals surface area (Å²) in [4.78, 5) is 26.0. The van der Waals surface area contributed by atoms with E-state index in [4.69, 9.17) is 9.47 Å². The number of sulfonamides is 3. The molecule has 1 aliphatic carbocycles. The summed E-state index contributed by atoms with van der Waals surface area (Å²) in [6, 6.07) is 11.9. The van der Waals surface area contributed by atoms with Gasteiger partial charge < -0.3 is 9.47 Å². The molecular weight excluding hydrogens is 743 g/mol. The molecule has 0 atom stereocenters. The largest absolute Gasteiger partial charge is 0.443 e. The van der Waals surface area contributed by atoms with Gasteiger partial charge in [-0.3, -0.25) is 0 Å². The van der Waals surface area contributed by atoms with Gasteiger partial charge in [0.05, 0.1) is 22.9 Å². The van der Waals surface area contributed by atoms with Crippen molar-refractivity contribution >= 4 is 42.3 Å². The maximum absolute atomic E-state index is 13.7. The van der Waals surface area contributed by atoms with Gasteiger partial charge in [0.15, 0.2) is 0 Å². The summed E-state index contributed by atoms with van der Waals surface area (Å²) in [5.41, 5.74) is -0.361. The molecule has 13 nitrogen and oxygen atoms in total. The van der Waals surface area contributed by atoms with Crippen molar-refractivity contribution in [1.82, 2.24) is 12.9 Å². The minimum atomic E-state index is -4.36. The van der Waals surface area contributed by atoms with Crippen LogP contribution in [0.2, 0.25) is 0 Å². The Kier molecular flexibility index (Phi) is 14.1. The zero-order valence-corrected chi connectivity index (χ0v) is 33.7. The molecule has 0 saturated heterocycles. The van der Waals surface area contributed by atoms with E-state index in [1.165, 1.54) is 60.7 Å². The average molecular weight is 792 g/mol. The highest BCUT2D eigenvalue weighted by molar-refractivity contribution is 7.90. The highest BCUT2D eigenvalue weighted by atomic mass is 32.2. The SMILES string of the molecule is Cc1ccc(S(=O)(=O)N(C/C=C/CN(C/C=C/CN(C(=O)OC(C)(C)C)S(=O)(=O)c2ccc(C)cc2)S(=O)(=O)C2C=CC=C2)C(=O)OC(C)(C)C)cc1. The summed E-state index contributed by atoms with van der Waals surface area (Å²) in [7, 11) is -12.7. The van der Waals surface area contributed by atoms with Gasteiger partial charge in [0.1, 0.15) is 16.5 Å². The molecule has 0 unspecified atom stereocenters. The molecule has 0 radical (unpaired) electrons. The van der Waals surface area contributed by atoms with Crippen LogP contribution < -0.4 is 0 Å². The van der Waals surface area contributed by atoms with Crippen molar-refractivity contribution in [3.63, 3.8) is 0 Å². The molecule has 2 aromatic carbocycles. The van der Waals surface area contributed by atoms with Crippen LogP contribution in [0.5, 0.6) is 0 Å². The third-order valence-electron chi connectivity index (χ3n) is 7.32. The van der Waals surface area contributed by atoms with Crippen LogP contribution in [-0.2, 0) is 39.5 Å². The molecule has 0 aromatic heterocycles. The molecular formula is C37H49N3O10S3. The van der Waals surface area contributed by atoms with Crippen molar-refractivity contribution in [2.24, 2.45) is 0 Å². The zero-order chi connectivity index (χ0) is 39.8. The van der Waals surface area contributed by atoms with E-state index < -0.39 is 71.8 Å². The number of carbonyl (C=O) groups excluding carboxylic acids is 2. The molecule has 3 rings (SSSR count). The first kappa shape index (κ1) is 43.2. The van der Waals surface area contributed by atoms with E-state index in [-0.39, 0.29) is 22.9 Å². The molecule has 0 saturated carbocycles. The number of hydrogen-bond acceptors (Lipinski definition) is 10. The number of rotatable bonds is 14. The molecule has 1 aliphatic rings. The van der Waals surface area contributed by atoms with Crippen LogP contribution in [0.4, 0.5) is 9.59 Å². The van der Waals surface area contributed by atoms with Gasteiger partial charge in [0, 0.05) is 13.1 Å². The van der Waals surface area contributed by atoms with E-state index in [2.05, 4.69) is 0 Å². The lowest BCUT2D eigenvalue weighted by Crippen LogP contribution is -2.41. The molecule has 2 aromatic rings. The summed E-state index contributed by atoms with van der Waals surface area (Å²) in [5, 5.41) is -0.982. The maximum Gasteiger partial charge on any atom is 0.424 e. The molecule has 0 N–H and O–H groups in total. The second-order valence-corrected chi connectivity index (χ2v) is 20.0. The first-order valence-electron chi connectivity index (χ1n) is 16.7. The molecule has 0 bridgehead atoms. The van der Waals surface area contributed by atoms with Gasteiger partial charge in [0.2, 0.25) is 10.0 Å². The fraction of sp³-hybridized carbons (Fsp3) is 0.405. The number of carbonyl (C=O) groups is 2. The fourth-order valence-electron chi connectivity index (χ4n) is 4.63. The van der Waals surface area contributed by atoms with Crippen LogP contribution in [0.25, 0.3) is 0 Å². The number of benzene rings is 2. The summed E-state index contributed by atoms with van der Waals surface area (Å²) < 4.78 is 94.5. The van der Waals surface area contributed by atoms with Crippen LogP contribution in [0, 0.1) is 13.8 Å². The number of aryl methyl sites for hydroxylation is 2. The zero-order valence-electron chi connectivity index (χ0n) is 31.3. The van der Waals surface area contributed by atoms with Crippen molar-refractivity contribution in [2.45, 2.75) is 81.6 Å². The number of ether oxygens (including phenoxy) is 2. The van der Waals surface area contributed by atoms with Gasteiger partial charge in [-0.2, -0.15) is 12.9 Å². The van der Waals surface area contributed by atoms with Crippen LogP contribution in [0.15, 0.2) is 107 Å². The van der Waals surface area contributed by atoms with E-state index in [0.29, 0.717) is 8.61 Å². The molecule has 0 aliphatic heterocycles. The van der Waals surface area contributed by atoms with Crippen LogP contribution in [0.1, 0.15) is 52.7 Å². The van der Waals surface area contributed by atoms with E-state index >= 15 is 0 Å². The normalized spacial score (nSPS) is 14.4. The maximum atomic E-state index is 13.7. The molecule has 2 amide bonds. The Balaban J connectivity index is 1.89. The summed E-state index contributed by atoms with van der Waals surface area (Å²) in [6.45, 7) is 11.8. The minimum Gasteiger partial charge on any atom is -0.443 e. The summed E-state index contributed by atoms with van der Waals surface area (Å²) in [6.07, 6.45) is 9.47. The van der Waals surface area contributed by atoms with Crippen LogP contribution in [0.3, 0.4) is 0 Å². The predicted molar refractivity (Wildman–Crippen MR) is 203 cm³/mol. The highest BCUT2D eigenvalue weighted by Crippen LogP contribution is 2.22. The first-order valence-corrected chi connectivity index (χ1v) is 21.1. The summed E-state index contributed by atoms with van der Waals surface area (Å²) >= 11 is 0. The topological polar surface area (TPSA) is 165 Å². The van der Waals surface area contributed by atoms with Gasteiger partial charge in [-0.15, -0.1) is 0 Å². The standard InChI is InChI=1S/C37H49N3O10S3/c1-29-17-21-32(22-18-29)52(45,46)39(34(41)49-36(3,4)5)27-13-11-25-38(51(43,44)31-15-9-10-16-31)26-12-14-28-40(35(42)50-37(6,7)8)53(47,48)33-23-19-30(2)20-24-33/h9-24,31H,25-28H2,1-8H3/b13-11+,14-12+. The lowest BCUT2D eigenvalue weighted by molar-refractivity contribution is 0.0391. The molecule has 0 fully saturated rings. The third-order valence-corrected chi connectivity index (χ3v) is 12.8. The van der Waals surface area contributed by atoms with Crippen LogP contribution >= 0.6 is 0 Å². The Morgan fingerprint density at radius 2 is 0.906 bits per heavy atom. The van der Waals surface area contributed by atoms with E-state index in [1.54, 1.807) is 91.8 Å². The van der Waals surface area contributed by atoms with Crippen molar-refractivity contribution in [1.29, 1.82) is 0 Å². The predicted octanol–water partition coefficient (Wildman–Crippen LogP) is 6.09. The number of amides is 2. The Hall–Kier alpha value is -4.25. The Morgan fingerprint density at radius 3 is 1.23 bits per heavy atom. The molecule has 16 heteroatoms. The Labute approximate surface area is 314 Å². The Bertz CT molecular complexity index is 1920. The first-order chi connectivity index (χ1) is 24.4. The Morgan fingerprint density at radius 1 is 0.585 bits per heavy atom. The van der Waals surface area contributed by atoms with E-state index in [1.807, 2.05) is 0 Å². The number of allylic oxidation sites excluding steroid dienone is 2. The van der Waals surface area contributed by atoms with Gasteiger partial charge in [-0.05, 0) is 79.7 Å². The van der Waals surface area contributed by atoms with Gasteiger partial charge >= 0.3 is 12.2 Å². The van der Waals surface area contributed by atoms with Gasteiger partial charge in [0.25, 0.3) is 20.0 Å². The molecule has 290 valence electrons. The van der Waals surface area contributed by atoms with Crippen molar-refractivity contribution in [2.75, 3.05) is 26.2 Å². The molecule has 0 spiro atoms. The quantitative estimate of drug-likeness (QED) is 0.205. The smallest absolute Gasteiger partial charge is 0.424 e. The van der Waals surface area contributed by atoms with Crippen molar-refractivity contribution in [3.8, 4) is 0 Å². The van der Waals surface area contributed by atoms with Crippen LogP contribution in [-0.4, -0.2) is 93.0 Å². The lowest BCUT2D eigenvalue weighted by Gasteiger charge is -2.26. The number of hydrogen-bond donors (Lipinski definition) is 0. The molecule has 0 heterocycles. The van der Waals surface area contributed by atoms with Gasteiger partial charge in [-0.1, -0.05) is 84.0 Å². The second kappa shape index (κ2) is 17.3. The minimum absolute atomic E-state index is 0.124. The van der Waals surface area contributed by atoms with Gasteiger partial charge in [-0.25, -0.2) is 34.8 Å². The second-order valence-electron chi connectivity index (χ2n) is 14.2. The van der Waals surface area contributed by atoms with E-state index in [9.17, 15) is 34.8 Å². The monoisotopic (exact) mass is 791 g/mol. The number of nitrogens with zero attached hydrogens (tertiary/aromatic N) is 3. The third kappa shape index (κ3) is 12.1. The molecule has 53 heavy (non-hydrogen) atoms. The lowest BCUT2D eigenvalue weighted by atomic mass is 10.2. The fourth-order valence-corrected chi connectivity index (χ4v) is 8.64. The average Bonchev–Trinajstić information content (AvgIpc) is 3.58. The van der Waals surface area contributed by atoms with E-state index in [0.717, 1.165) is 15.4 Å². The highest BCUT2D eigenvalue weighted by Gasteiger charge is 2.34. The van der Waals surface area contributed by atoms with Crippen molar-refractivity contribution < 1.29 is 44.3 Å². The van der Waals surface area contributed by atoms with Crippen molar-refractivity contribution in [3.05, 3.63) is 108 Å². The summed E-state index contributed by atoms with van der Waals surface area (Å²) in [5.74, 6) is 0.